The molecule has 0 saturated carbocycles. The van der Waals surface area contributed by atoms with Gasteiger partial charge in [0, 0.05) is 24.2 Å². The van der Waals surface area contributed by atoms with Gasteiger partial charge in [-0.25, -0.2) is 12.8 Å². The molecule has 6 heteroatoms. The maximum absolute atomic E-state index is 13.0. The molecule has 1 atom stereocenters. The van der Waals surface area contributed by atoms with Crippen molar-refractivity contribution >= 4 is 9.84 Å². The first-order valence-electron chi connectivity index (χ1n) is 3.78. The Morgan fingerprint density at radius 2 is 2.07 bits per heavy atom. The maximum Gasteiger partial charge on any atom is 0.231 e. The van der Waals surface area contributed by atoms with E-state index in [2.05, 4.69) is 4.98 Å². The largest absolute Gasteiger partial charge is 0.358 e. The third-order valence-electron chi connectivity index (χ3n) is 1.67. The van der Waals surface area contributed by atoms with Gasteiger partial charge in [0.1, 0.15) is 0 Å². The minimum Gasteiger partial charge on any atom is -0.358 e. The summed E-state index contributed by atoms with van der Waals surface area (Å²) in [4.78, 5) is 3.42. The number of hydrogen-bond donors (Lipinski definition) is 1. The zero-order chi connectivity index (χ0) is 11.0. The van der Waals surface area contributed by atoms with Crippen molar-refractivity contribution < 1.29 is 17.9 Å². The van der Waals surface area contributed by atoms with Gasteiger partial charge in [0.05, 0.1) is 4.90 Å². The van der Waals surface area contributed by atoms with E-state index in [4.69, 9.17) is 5.11 Å². The number of aliphatic hydroxyl groups is 1. The van der Waals surface area contributed by atoms with E-state index in [9.17, 15) is 12.8 Å². The molecule has 78 valence electrons. The van der Waals surface area contributed by atoms with Gasteiger partial charge in [-0.05, 0) is 13.0 Å². The van der Waals surface area contributed by atoms with Crippen molar-refractivity contribution in [2.45, 2.75) is 17.7 Å². The molecule has 0 aliphatic rings. The number of aromatic nitrogens is 1. The van der Waals surface area contributed by atoms with Gasteiger partial charge in [-0.3, -0.25) is 4.98 Å². The zero-order valence-electron chi connectivity index (χ0n) is 7.73. The van der Waals surface area contributed by atoms with Crippen LogP contribution in [0.15, 0.2) is 23.4 Å². The first-order chi connectivity index (χ1) is 6.21. The molecule has 0 radical (unpaired) electrons. The summed E-state index contributed by atoms with van der Waals surface area (Å²) in [5, 5.41) is 8.98. The second-order valence-corrected chi connectivity index (χ2v) is 5.15. The highest BCUT2D eigenvalue weighted by Crippen LogP contribution is 2.22. The molecule has 0 fully saturated rings. The molecule has 0 aromatic carbocycles. The average molecular weight is 219 g/mol. The van der Waals surface area contributed by atoms with Crippen molar-refractivity contribution in [1.29, 1.82) is 0 Å². The van der Waals surface area contributed by atoms with Crippen LogP contribution in [0, 0.1) is 0 Å². The van der Waals surface area contributed by atoms with E-state index in [1.807, 2.05) is 0 Å². The fourth-order valence-electron chi connectivity index (χ4n) is 0.871. The first kappa shape index (κ1) is 11.1. The van der Waals surface area contributed by atoms with Crippen LogP contribution >= 0.6 is 0 Å². The number of nitrogens with zero attached hydrogens (tertiary/aromatic N) is 1. The highest BCUT2D eigenvalue weighted by molar-refractivity contribution is 7.90. The van der Waals surface area contributed by atoms with Crippen LogP contribution in [0.1, 0.15) is 12.5 Å². The molecule has 1 unspecified atom stereocenters. The fraction of sp³-hybridized carbons (Fsp3) is 0.375. The Labute approximate surface area is 81.3 Å². The molecule has 0 spiro atoms. The number of pyridine rings is 1. The van der Waals surface area contributed by atoms with E-state index >= 15 is 0 Å². The predicted molar refractivity (Wildman–Crippen MR) is 48.0 cm³/mol. The number of halogens is 1. The van der Waals surface area contributed by atoms with Crippen LogP contribution in [0.4, 0.5) is 4.39 Å². The number of rotatable bonds is 2. The van der Waals surface area contributed by atoms with Gasteiger partial charge in [-0.15, -0.1) is 0 Å². The molecular formula is C8H10FNO3S. The van der Waals surface area contributed by atoms with E-state index in [-0.39, 0.29) is 10.5 Å². The molecule has 0 aliphatic heterocycles. The molecule has 1 rings (SSSR count). The topological polar surface area (TPSA) is 67.3 Å². The van der Waals surface area contributed by atoms with Gasteiger partial charge in [-0.1, -0.05) is 0 Å². The first-order valence-corrected chi connectivity index (χ1v) is 5.67. The third-order valence-corrected chi connectivity index (χ3v) is 2.75. The van der Waals surface area contributed by atoms with Crippen molar-refractivity contribution in [3.8, 4) is 0 Å². The van der Waals surface area contributed by atoms with E-state index < -0.39 is 15.7 Å². The monoisotopic (exact) mass is 219 g/mol. The summed E-state index contributed by atoms with van der Waals surface area (Å²) in [7, 11) is -3.43. The molecule has 1 heterocycles. The molecule has 0 amide bonds. The molecule has 4 nitrogen and oxygen atoms in total. The van der Waals surface area contributed by atoms with Gasteiger partial charge in [-0.2, -0.15) is 0 Å². The smallest absolute Gasteiger partial charge is 0.231 e. The standard InChI is InChI=1S/C8H10FNO3S/c1-8(9,11)6-3-7(5-10-4-6)14(2,12)13/h3-5,11H,1-2H3. The Balaban J connectivity index is 3.29. The minimum absolute atomic E-state index is 0.118. The van der Waals surface area contributed by atoms with Crippen molar-refractivity contribution in [2.24, 2.45) is 0 Å². The van der Waals surface area contributed by atoms with Crippen LogP contribution in [0.25, 0.3) is 0 Å². The van der Waals surface area contributed by atoms with Crippen LogP contribution in [-0.2, 0) is 15.7 Å². The molecule has 1 N–H and O–H groups in total. The summed E-state index contributed by atoms with van der Waals surface area (Å²) in [5.74, 6) is -2.58. The summed E-state index contributed by atoms with van der Waals surface area (Å²) < 4.78 is 35.1. The highest BCUT2D eigenvalue weighted by atomic mass is 32.2. The van der Waals surface area contributed by atoms with Crippen molar-refractivity contribution in [3.05, 3.63) is 24.0 Å². The van der Waals surface area contributed by atoms with Gasteiger partial charge < -0.3 is 5.11 Å². The van der Waals surface area contributed by atoms with E-state index in [1.54, 1.807) is 0 Å². The minimum atomic E-state index is -3.43. The van der Waals surface area contributed by atoms with Crippen molar-refractivity contribution in [3.63, 3.8) is 0 Å². The summed E-state index contributed by atoms with van der Waals surface area (Å²) in [6.07, 6.45) is 3.17. The average Bonchev–Trinajstić information content (AvgIpc) is 2.01. The van der Waals surface area contributed by atoms with Crippen LogP contribution < -0.4 is 0 Å². The fourth-order valence-corrected chi connectivity index (χ4v) is 1.46. The molecule has 0 saturated heterocycles. The van der Waals surface area contributed by atoms with Crippen LogP contribution in [0.2, 0.25) is 0 Å². The molecule has 1 aromatic rings. The van der Waals surface area contributed by atoms with Gasteiger partial charge in [0.25, 0.3) is 0 Å². The normalized spacial score (nSPS) is 16.3. The number of alkyl halides is 1. The van der Waals surface area contributed by atoms with Gasteiger partial charge >= 0.3 is 0 Å². The third kappa shape index (κ3) is 2.49. The Morgan fingerprint density at radius 1 is 1.50 bits per heavy atom. The number of hydrogen-bond acceptors (Lipinski definition) is 4. The maximum atomic E-state index is 13.0. The molecular weight excluding hydrogens is 209 g/mol. The van der Waals surface area contributed by atoms with E-state index in [0.717, 1.165) is 31.6 Å². The summed E-state index contributed by atoms with van der Waals surface area (Å²) in [5.41, 5.74) is -0.180. The van der Waals surface area contributed by atoms with Crippen molar-refractivity contribution in [1.82, 2.24) is 4.98 Å². The molecule has 0 bridgehead atoms. The van der Waals surface area contributed by atoms with E-state index in [0.29, 0.717) is 0 Å². The summed E-state index contributed by atoms with van der Waals surface area (Å²) in [6.45, 7) is 0.913. The van der Waals surface area contributed by atoms with Gasteiger partial charge in [0.2, 0.25) is 5.85 Å². The Morgan fingerprint density at radius 3 is 2.50 bits per heavy atom. The summed E-state index contributed by atoms with van der Waals surface area (Å²) in [6, 6.07) is 1.06. The van der Waals surface area contributed by atoms with Crippen LogP contribution in [0.5, 0.6) is 0 Å². The lowest BCUT2D eigenvalue weighted by molar-refractivity contribution is -0.0773. The second-order valence-electron chi connectivity index (χ2n) is 3.13. The lowest BCUT2D eigenvalue weighted by Crippen LogP contribution is -2.14. The zero-order valence-corrected chi connectivity index (χ0v) is 8.55. The van der Waals surface area contributed by atoms with Crippen LogP contribution in [0.3, 0.4) is 0 Å². The van der Waals surface area contributed by atoms with E-state index in [1.165, 1.54) is 0 Å². The molecule has 0 aliphatic carbocycles. The lowest BCUT2D eigenvalue weighted by atomic mass is 10.1. The molecule has 1 aromatic heterocycles. The quantitative estimate of drug-likeness (QED) is 0.791. The Hall–Kier alpha value is -1.01. The second kappa shape index (κ2) is 3.29. The van der Waals surface area contributed by atoms with Crippen LogP contribution in [-0.4, -0.2) is 24.8 Å². The van der Waals surface area contributed by atoms with Crippen molar-refractivity contribution in [2.75, 3.05) is 6.26 Å². The summed E-state index contributed by atoms with van der Waals surface area (Å²) >= 11 is 0. The Bertz CT molecular complexity index is 436. The number of sulfone groups is 1. The molecule has 14 heavy (non-hydrogen) atoms. The highest BCUT2D eigenvalue weighted by Gasteiger charge is 2.23. The SMILES string of the molecule is CC(O)(F)c1cncc(S(C)(=O)=O)c1. The predicted octanol–water partition coefficient (Wildman–Crippen LogP) is 0.620. The lowest BCUT2D eigenvalue weighted by Gasteiger charge is -2.12. The Kier molecular flexibility index (Phi) is 2.60. The van der Waals surface area contributed by atoms with Gasteiger partial charge in [0.15, 0.2) is 9.84 Å².